The number of nitrogens with two attached hydrogens (primary N) is 1. The van der Waals surface area contributed by atoms with Gasteiger partial charge >= 0.3 is 5.69 Å². The van der Waals surface area contributed by atoms with Crippen LogP contribution in [0.25, 0.3) is 0 Å². The predicted molar refractivity (Wildman–Crippen MR) is 55.3 cm³/mol. The van der Waals surface area contributed by atoms with Crippen molar-refractivity contribution in [2.45, 2.75) is 18.9 Å². The summed E-state index contributed by atoms with van der Waals surface area (Å²) in [6.07, 6.45) is 2.05. The summed E-state index contributed by atoms with van der Waals surface area (Å²) in [5.74, 6) is 5.86. The zero-order valence-corrected chi connectivity index (χ0v) is 7.93. The van der Waals surface area contributed by atoms with Gasteiger partial charge < -0.3 is 10.7 Å². The van der Waals surface area contributed by atoms with Gasteiger partial charge in [-0.2, -0.15) is 0 Å². The Balaban J connectivity index is 2.30. The molecule has 0 atom stereocenters. The minimum Gasteiger partial charge on any atom is -0.362 e. The monoisotopic (exact) mass is 209 g/mol. The highest BCUT2D eigenvalue weighted by molar-refractivity contribution is 5.60. The van der Waals surface area contributed by atoms with E-state index in [0.717, 1.165) is 12.8 Å². The van der Waals surface area contributed by atoms with Gasteiger partial charge in [-0.05, 0) is 18.9 Å². The standard InChI is InChI=1S/C8H11N5O2/c9-12-7-4-3-6(13(14)15)8(11-7)10-5-1-2-5/h3-5H,1-2,9H2,(H2,10,11,12). The summed E-state index contributed by atoms with van der Waals surface area (Å²) in [6, 6.07) is 3.16. The summed E-state index contributed by atoms with van der Waals surface area (Å²) >= 11 is 0. The van der Waals surface area contributed by atoms with E-state index < -0.39 is 4.92 Å². The van der Waals surface area contributed by atoms with Crippen molar-refractivity contribution in [2.24, 2.45) is 5.84 Å². The van der Waals surface area contributed by atoms with E-state index in [1.165, 1.54) is 12.1 Å². The number of anilines is 2. The maximum Gasteiger partial charge on any atom is 0.311 e. The lowest BCUT2D eigenvalue weighted by atomic mass is 10.3. The molecule has 2 rings (SSSR count). The van der Waals surface area contributed by atoms with E-state index in [1.54, 1.807) is 0 Å². The van der Waals surface area contributed by atoms with Gasteiger partial charge in [0.25, 0.3) is 0 Å². The molecule has 0 amide bonds. The summed E-state index contributed by atoms with van der Waals surface area (Å²) in [5, 5.41) is 13.7. The minimum absolute atomic E-state index is 0.0269. The van der Waals surface area contributed by atoms with Crippen molar-refractivity contribution in [3.63, 3.8) is 0 Å². The molecule has 0 bridgehead atoms. The van der Waals surface area contributed by atoms with Crippen LogP contribution in [0.15, 0.2) is 12.1 Å². The lowest BCUT2D eigenvalue weighted by Crippen LogP contribution is -2.12. The zero-order chi connectivity index (χ0) is 10.8. The van der Waals surface area contributed by atoms with Crippen molar-refractivity contribution in [2.75, 3.05) is 10.7 Å². The van der Waals surface area contributed by atoms with Gasteiger partial charge in [-0.3, -0.25) is 10.1 Å². The van der Waals surface area contributed by atoms with Crippen molar-refractivity contribution in [1.29, 1.82) is 0 Å². The first-order chi connectivity index (χ1) is 7.20. The number of rotatable bonds is 4. The van der Waals surface area contributed by atoms with Gasteiger partial charge in [0, 0.05) is 12.1 Å². The summed E-state index contributed by atoms with van der Waals surface area (Å²) in [5.41, 5.74) is 2.33. The molecule has 0 radical (unpaired) electrons. The Morgan fingerprint density at radius 2 is 2.27 bits per heavy atom. The molecule has 1 aliphatic carbocycles. The van der Waals surface area contributed by atoms with Gasteiger partial charge in [-0.15, -0.1) is 0 Å². The Bertz CT molecular complexity index is 391. The number of pyridine rings is 1. The average molecular weight is 209 g/mol. The highest BCUT2D eigenvalue weighted by Crippen LogP contribution is 2.30. The SMILES string of the molecule is NNc1ccc([N+](=O)[O-])c(NC2CC2)n1. The number of nitrogens with zero attached hydrogens (tertiary/aromatic N) is 2. The van der Waals surface area contributed by atoms with Crippen LogP contribution in [0.1, 0.15) is 12.8 Å². The fourth-order valence-corrected chi connectivity index (χ4v) is 1.21. The fraction of sp³-hybridized carbons (Fsp3) is 0.375. The van der Waals surface area contributed by atoms with E-state index in [1.807, 2.05) is 0 Å². The normalized spacial score (nSPS) is 14.7. The Labute approximate surface area is 85.8 Å². The van der Waals surface area contributed by atoms with E-state index in [9.17, 15) is 10.1 Å². The first kappa shape index (κ1) is 9.66. The van der Waals surface area contributed by atoms with E-state index in [-0.39, 0.29) is 11.5 Å². The second kappa shape index (κ2) is 3.70. The minimum atomic E-state index is -0.460. The number of aromatic nitrogens is 1. The maximum absolute atomic E-state index is 10.7. The Morgan fingerprint density at radius 3 is 2.80 bits per heavy atom. The lowest BCUT2D eigenvalue weighted by molar-refractivity contribution is -0.384. The molecule has 15 heavy (non-hydrogen) atoms. The quantitative estimate of drug-likeness (QED) is 0.385. The largest absolute Gasteiger partial charge is 0.362 e. The van der Waals surface area contributed by atoms with E-state index in [0.29, 0.717) is 11.9 Å². The van der Waals surface area contributed by atoms with Crippen molar-refractivity contribution in [1.82, 2.24) is 4.98 Å². The smallest absolute Gasteiger partial charge is 0.311 e. The number of nitrogens with one attached hydrogen (secondary N) is 2. The Kier molecular flexibility index (Phi) is 2.38. The number of hydrazine groups is 1. The van der Waals surface area contributed by atoms with Crippen LogP contribution in [-0.2, 0) is 0 Å². The molecule has 7 heteroatoms. The van der Waals surface area contributed by atoms with Crippen LogP contribution in [-0.4, -0.2) is 15.9 Å². The Morgan fingerprint density at radius 1 is 1.53 bits per heavy atom. The lowest BCUT2D eigenvalue weighted by Gasteiger charge is -2.06. The molecular weight excluding hydrogens is 198 g/mol. The number of hydrogen-bond acceptors (Lipinski definition) is 6. The molecule has 0 spiro atoms. The fourth-order valence-electron chi connectivity index (χ4n) is 1.21. The van der Waals surface area contributed by atoms with E-state index in [2.05, 4.69) is 15.7 Å². The number of hydrogen-bond donors (Lipinski definition) is 3. The zero-order valence-electron chi connectivity index (χ0n) is 7.93. The van der Waals surface area contributed by atoms with Crippen LogP contribution in [0.5, 0.6) is 0 Å². The van der Waals surface area contributed by atoms with Gasteiger partial charge in [0.2, 0.25) is 5.82 Å². The van der Waals surface area contributed by atoms with Gasteiger partial charge in [0.1, 0.15) is 5.82 Å². The van der Waals surface area contributed by atoms with Crippen molar-refractivity contribution < 1.29 is 4.92 Å². The third-order valence-electron chi connectivity index (χ3n) is 2.14. The molecule has 1 aromatic rings. The molecule has 1 saturated carbocycles. The van der Waals surface area contributed by atoms with Gasteiger partial charge in [-0.25, -0.2) is 10.8 Å². The van der Waals surface area contributed by atoms with Crippen LogP contribution in [0.3, 0.4) is 0 Å². The van der Waals surface area contributed by atoms with Crippen LogP contribution in [0.2, 0.25) is 0 Å². The molecule has 0 aliphatic heterocycles. The number of nitrogen functional groups attached to an aromatic ring is 1. The van der Waals surface area contributed by atoms with Gasteiger partial charge in [0.15, 0.2) is 0 Å². The first-order valence-electron chi connectivity index (χ1n) is 4.59. The molecule has 1 fully saturated rings. The first-order valence-corrected chi connectivity index (χ1v) is 4.59. The van der Waals surface area contributed by atoms with Crippen molar-refractivity contribution in [3.8, 4) is 0 Å². The summed E-state index contributed by atoms with van der Waals surface area (Å²) < 4.78 is 0. The third kappa shape index (κ3) is 2.13. The molecule has 1 aliphatic rings. The third-order valence-corrected chi connectivity index (χ3v) is 2.14. The predicted octanol–water partition coefficient (Wildman–Crippen LogP) is 0.850. The summed E-state index contributed by atoms with van der Waals surface area (Å²) in [7, 11) is 0. The van der Waals surface area contributed by atoms with Crippen molar-refractivity contribution >= 4 is 17.3 Å². The molecule has 0 unspecified atom stereocenters. The molecule has 1 heterocycles. The molecule has 0 saturated heterocycles. The Hall–Kier alpha value is -1.89. The molecular formula is C8H11N5O2. The maximum atomic E-state index is 10.7. The number of nitro groups is 1. The molecule has 1 aromatic heterocycles. The van der Waals surface area contributed by atoms with Gasteiger partial charge in [-0.1, -0.05) is 0 Å². The van der Waals surface area contributed by atoms with Crippen LogP contribution < -0.4 is 16.6 Å². The second-order valence-electron chi connectivity index (χ2n) is 3.38. The average Bonchev–Trinajstić information content (AvgIpc) is 3.01. The van der Waals surface area contributed by atoms with E-state index >= 15 is 0 Å². The summed E-state index contributed by atoms with van der Waals surface area (Å²) in [6.45, 7) is 0. The van der Waals surface area contributed by atoms with E-state index in [4.69, 9.17) is 5.84 Å². The summed E-state index contributed by atoms with van der Waals surface area (Å²) in [4.78, 5) is 14.2. The molecule has 4 N–H and O–H groups in total. The van der Waals surface area contributed by atoms with Crippen LogP contribution in [0, 0.1) is 10.1 Å². The second-order valence-corrected chi connectivity index (χ2v) is 3.38. The molecule has 0 aromatic carbocycles. The van der Waals surface area contributed by atoms with Crippen molar-refractivity contribution in [3.05, 3.63) is 22.2 Å². The van der Waals surface area contributed by atoms with Crippen LogP contribution in [0.4, 0.5) is 17.3 Å². The molecule has 7 nitrogen and oxygen atoms in total. The van der Waals surface area contributed by atoms with Gasteiger partial charge in [0.05, 0.1) is 4.92 Å². The molecule has 80 valence electrons. The highest BCUT2D eigenvalue weighted by Gasteiger charge is 2.25. The van der Waals surface area contributed by atoms with Crippen LogP contribution >= 0.6 is 0 Å². The highest BCUT2D eigenvalue weighted by atomic mass is 16.6. The topological polar surface area (TPSA) is 106 Å².